The average Bonchev–Trinajstić information content (AvgIpc) is 2.42. The number of amides is 2. The Morgan fingerprint density at radius 3 is 2.26 bits per heavy atom. The summed E-state index contributed by atoms with van der Waals surface area (Å²) in [5.41, 5.74) is 1.23. The molecule has 0 aliphatic heterocycles. The van der Waals surface area contributed by atoms with Crippen molar-refractivity contribution < 1.29 is 14.3 Å². The fourth-order valence-corrected chi connectivity index (χ4v) is 1.55. The zero-order valence-corrected chi connectivity index (χ0v) is 10.4. The van der Waals surface area contributed by atoms with Crippen molar-refractivity contribution in [3.63, 3.8) is 0 Å². The van der Waals surface area contributed by atoms with Crippen molar-refractivity contribution in [2.45, 2.75) is 6.92 Å². The number of aryl methyl sites for hydroxylation is 1. The zero-order chi connectivity index (χ0) is 13.7. The van der Waals surface area contributed by atoms with Gasteiger partial charge in [-0.25, -0.2) is 4.79 Å². The molecule has 0 atom stereocenters. The van der Waals surface area contributed by atoms with Crippen molar-refractivity contribution >= 4 is 12.0 Å². The maximum atomic E-state index is 11.7. The van der Waals surface area contributed by atoms with Gasteiger partial charge in [0.2, 0.25) is 0 Å². The third-order valence-corrected chi connectivity index (χ3v) is 2.55. The van der Waals surface area contributed by atoms with E-state index in [4.69, 9.17) is 4.74 Å². The van der Waals surface area contributed by atoms with E-state index in [1.807, 2.05) is 19.1 Å². The molecule has 0 fully saturated rings. The summed E-state index contributed by atoms with van der Waals surface area (Å²) in [7, 11) is 0. The Morgan fingerprint density at radius 1 is 0.947 bits per heavy atom. The Hall–Kier alpha value is -2.62. The molecule has 0 aliphatic rings. The van der Waals surface area contributed by atoms with Crippen LogP contribution in [0.3, 0.4) is 0 Å². The molecule has 96 valence electrons. The molecule has 2 amide bonds. The van der Waals surface area contributed by atoms with Crippen LogP contribution in [0, 0.1) is 6.92 Å². The van der Waals surface area contributed by atoms with Gasteiger partial charge in [0, 0.05) is 5.56 Å². The number of nitrogens with one attached hydrogen (secondary N) is 1. The summed E-state index contributed by atoms with van der Waals surface area (Å²) in [5, 5.41) is 2.17. The number of carbonyl (C=O) groups excluding carboxylic acids is 2. The average molecular weight is 255 g/mol. The third-order valence-electron chi connectivity index (χ3n) is 2.55. The normalized spacial score (nSPS) is 9.74. The standard InChI is InChI=1S/C15H13NO3/c1-11-7-5-6-10-13(11)19-15(18)16-14(17)12-8-3-2-4-9-12/h2-10H,1H3,(H,16,17,18). The fraction of sp³-hybridized carbons (Fsp3) is 0.0667. The van der Waals surface area contributed by atoms with E-state index < -0.39 is 12.0 Å². The number of carbonyl (C=O) groups is 2. The van der Waals surface area contributed by atoms with E-state index in [-0.39, 0.29) is 0 Å². The molecule has 0 radical (unpaired) electrons. The lowest BCUT2D eigenvalue weighted by Gasteiger charge is -2.07. The molecule has 0 saturated carbocycles. The fourth-order valence-electron chi connectivity index (χ4n) is 1.55. The summed E-state index contributed by atoms with van der Waals surface area (Å²) in [6.07, 6.45) is -0.789. The molecule has 19 heavy (non-hydrogen) atoms. The lowest BCUT2D eigenvalue weighted by Crippen LogP contribution is -2.33. The minimum Gasteiger partial charge on any atom is -0.410 e. The van der Waals surface area contributed by atoms with Gasteiger partial charge in [-0.05, 0) is 30.7 Å². The van der Waals surface area contributed by atoms with Crippen LogP contribution in [0.4, 0.5) is 4.79 Å². The maximum absolute atomic E-state index is 11.7. The molecule has 2 aromatic carbocycles. The zero-order valence-electron chi connectivity index (χ0n) is 10.4. The largest absolute Gasteiger partial charge is 0.419 e. The molecular weight excluding hydrogens is 242 g/mol. The van der Waals surface area contributed by atoms with E-state index in [0.717, 1.165) is 5.56 Å². The molecule has 0 saturated heterocycles. The highest BCUT2D eigenvalue weighted by Crippen LogP contribution is 2.16. The second-order valence-electron chi connectivity index (χ2n) is 3.98. The number of ether oxygens (including phenoxy) is 1. The van der Waals surface area contributed by atoms with Gasteiger partial charge in [0.1, 0.15) is 5.75 Å². The van der Waals surface area contributed by atoms with Crippen LogP contribution in [-0.4, -0.2) is 12.0 Å². The number of imide groups is 1. The Balaban J connectivity index is 1.99. The first-order chi connectivity index (χ1) is 9.16. The first kappa shape index (κ1) is 12.8. The van der Waals surface area contributed by atoms with Crippen LogP contribution < -0.4 is 10.1 Å². The molecule has 2 rings (SSSR count). The Labute approximate surface area is 111 Å². The number of para-hydroxylation sites is 1. The predicted octanol–water partition coefficient (Wildman–Crippen LogP) is 2.92. The van der Waals surface area contributed by atoms with Crippen molar-refractivity contribution in [1.29, 1.82) is 0 Å². The first-order valence-corrected chi connectivity index (χ1v) is 5.80. The van der Waals surface area contributed by atoms with Crippen LogP contribution in [0.1, 0.15) is 15.9 Å². The van der Waals surface area contributed by atoms with Crippen LogP contribution >= 0.6 is 0 Å². The highest BCUT2D eigenvalue weighted by molar-refractivity contribution is 6.03. The van der Waals surface area contributed by atoms with Gasteiger partial charge in [0.15, 0.2) is 0 Å². The van der Waals surface area contributed by atoms with Gasteiger partial charge in [0.25, 0.3) is 5.91 Å². The number of rotatable bonds is 2. The van der Waals surface area contributed by atoms with Crippen molar-refractivity contribution in [3.05, 3.63) is 65.7 Å². The second kappa shape index (κ2) is 5.82. The Bertz CT molecular complexity index is 593. The van der Waals surface area contributed by atoms with Crippen LogP contribution in [-0.2, 0) is 0 Å². The molecular formula is C15H13NO3. The van der Waals surface area contributed by atoms with Gasteiger partial charge in [-0.2, -0.15) is 0 Å². The molecule has 0 heterocycles. The van der Waals surface area contributed by atoms with Crippen molar-refractivity contribution in [3.8, 4) is 5.75 Å². The van der Waals surface area contributed by atoms with E-state index in [0.29, 0.717) is 11.3 Å². The minimum absolute atomic E-state index is 0.407. The molecule has 0 aliphatic carbocycles. The van der Waals surface area contributed by atoms with E-state index in [1.165, 1.54) is 0 Å². The van der Waals surface area contributed by atoms with Gasteiger partial charge in [0.05, 0.1) is 0 Å². The summed E-state index contributed by atoms with van der Waals surface area (Å²) in [4.78, 5) is 23.3. The van der Waals surface area contributed by atoms with Crippen molar-refractivity contribution in [2.75, 3.05) is 0 Å². The summed E-state index contributed by atoms with van der Waals surface area (Å²) in [6, 6.07) is 15.6. The van der Waals surface area contributed by atoms with Gasteiger partial charge < -0.3 is 4.74 Å². The molecule has 4 heteroatoms. The van der Waals surface area contributed by atoms with Crippen LogP contribution in [0.15, 0.2) is 54.6 Å². The smallest absolute Gasteiger partial charge is 0.410 e. The summed E-state index contributed by atoms with van der Waals surface area (Å²) in [5.74, 6) is -0.0555. The van der Waals surface area contributed by atoms with E-state index >= 15 is 0 Å². The molecule has 1 N–H and O–H groups in total. The molecule has 0 unspecified atom stereocenters. The molecule has 2 aromatic rings. The highest BCUT2D eigenvalue weighted by atomic mass is 16.6. The number of hydrogen-bond donors (Lipinski definition) is 1. The summed E-state index contributed by atoms with van der Waals surface area (Å²) < 4.78 is 5.07. The van der Waals surface area contributed by atoms with E-state index in [1.54, 1.807) is 42.5 Å². The minimum atomic E-state index is -0.789. The Kier molecular flexibility index (Phi) is 3.93. The topological polar surface area (TPSA) is 55.4 Å². The quantitative estimate of drug-likeness (QED) is 0.897. The van der Waals surface area contributed by atoms with Gasteiger partial charge in [-0.1, -0.05) is 36.4 Å². The predicted molar refractivity (Wildman–Crippen MR) is 71.1 cm³/mol. The molecule has 4 nitrogen and oxygen atoms in total. The molecule has 0 aromatic heterocycles. The summed E-state index contributed by atoms with van der Waals surface area (Å²) in [6.45, 7) is 1.82. The van der Waals surface area contributed by atoms with Gasteiger partial charge in [-0.3, -0.25) is 10.1 Å². The van der Waals surface area contributed by atoms with Crippen LogP contribution in [0.2, 0.25) is 0 Å². The highest BCUT2D eigenvalue weighted by Gasteiger charge is 2.12. The van der Waals surface area contributed by atoms with Crippen LogP contribution in [0.5, 0.6) is 5.75 Å². The van der Waals surface area contributed by atoms with E-state index in [9.17, 15) is 9.59 Å². The third kappa shape index (κ3) is 3.42. The van der Waals surface area contributed by atoms with Gasteiger partial charge >= 0.3 is 6.09 Å². The first-order valence-electron chi connectivity index (χ1n) is 5.80. The molecule has 0 bridgehead atoms. The Morgan fingerprint density at radius 2 is 1.58 bits per heavy atom. The van der Waals surface area contributed by atoms with Crippen molar-refractivity contribution in [1.82, 2.24) is 5.32 Å². The second-order valence-corrected chi connectivity index (χ2v) is 3.98. The SMILES string of the molecule is Cc1ccccc1OC(=O)NC(=O)c1ccccc1. The maximum Gasteiger partial charge on any atom is 0.419 e. The lowest BCUT2D eigenvalue weighted by molar-refractivity contribution is 0.0950. The molecule has 0 spiro atoms. The van der Waals surface area contributed by atoms with E-state index in [2.05, 4.69) is 5.32 Å². The monoisotopic (exact) mass is 255 g/mol. The lowest BCUT2D eigenvalue weighted by atomic mass is 10.2. The number of benzene rings is 2. The number of hydrogen-bond acceptors (Lipinski definition) is 3. The van der Waals surface area contributed by atoms with Gasteiger partial charge in [-0.15, -0.1) is 0 Å². The van der Waals surface area contributed by atoms with Crippen molar-refractivity contribution in [2.24, 2.45) is 0 Å². The summed E-state index contributed by atoms with van der Waals surface area (Å²) >= 11 is 0. The van der Waals surface area contributed by atoms with Crippen LogP contribution in [0.25, 0.3) is 0 Å².